The Morgan fingerprint density at radius 1 is 1.35 bits per heavy atom. The van der Waals surface area contributed by atoms with Crippen LogP contribution in [0.3, 0.4) is 0 Å². The molecule has 2 fully saturated rings. The van der Waals surface area contributed by atoms with Crippen molar-refractivity contribution >= 4 is 11.6 Å². The lowest BCUT2D eigenvalue weighted by Gasteiger charge is -2.08. The first-order valence-electron chi connectivity index (χ1n) is 6.14. The molecular formula is C12H11F2N3O3. The summed E-state index contributed by atoms with van der Waals surface area (Å²) in [5.74, 6) is -2.51. The van der Waals surface area contributed by atoms with E-state index in [0.717, 1.165) is 13.1 Å². The Kier molecular flexibility index (Phi) is 2.89. The average molecular weight is 283 g/mol. The fourth-order valence-electron chi connectivity index (χ4n) is 2.73. The van der Waals surface area contributed by atoms with E-state index in [-0.39, 0.29) is 6.04 Å². The molecule has 8 heteroatoms. The van der Waals surface area contributed by atoms with Gasteiger partial charge in [0.25, 0.3) is 5.91 Å². The predicted molar refractivity (Wildman–Crippen MR) is 64.1 cm³/mol. The van der Waals surface area contributed by atoms with Crippen LogP contribution in [0.4, 0.5) is 14.5 Å². The normalized spacial score (nSPS) is 27.0. The molecule has 1 saturated heterocycles. The maximum Gasteiger partial charge on any atom is 0.308 e. The highest BCUT2D eigenvalue weighted by atomic mass is 19.1. The lowest BCUT2D eigenvalue weighted by molar-refractivity contribution is -0.387. The summed E-state index contributed by atoms with van der Waals surface area (Å²) in [6.45, 7) is 1.56. The van der Waals surface area contributed by atoms with E-state index in [1.54, 1.807) is 0 Å². The van der Waals surface area contributed by atoms with Crippen molar-refractivity contribution in [1.29, 1.82) is 0 Å². The standard InChI is InChI=1S/C12H11F2N3O3/c13-5-1-6(10(14)9(2-5)17(19)20)12(18)16-11-7-3-15-4-8(7)11/h1-2,7-8,11,15H,3-4H2,(H,16,18). The molecule has 1 aliphatic carbocycles. The summed E-state index contributed by atoms with van der Waals surface area (Å²) in [4.78, 5) is 21.5. The summed E-state index contributed by atoms with van der Waals surface area (Å²) in [6.07, 6.45) is 0. The highest BCUT2D eigenvalue weighted by Gasteiger charge is 2.53. The van der Waals surface area contributed by atoms with Gasteiger partial charge in [-0.1, -0.05) is 0 Å². The van der Waals surface area contributed by atoms with Crippen molar-refractivity contribution in [2.45, 2.75) is 6.04 Å². The number of benzene rings is 1. The van der Waals surface area contributed by atoms with Crippen LogP contribution in [0.25, 0.3) is 0 Å². The number of piperidine rings is 1. The number of nitro benzene ring substituents is 1. The van der Waals surface area contributed by atoms with Gasteiger partial charge in [-0.05, 0) is 17.9 Å². The molecule has 6 nitrogen and oxygen atoms in total. The molecule has 1 aromatic rings. The van der Waals surface area contributed by atoms with Crippen LogP contribution in [0, 0.1) is 33.6 Å². The molecule has 0 aromatic heterocycles. The molecule has 1 heterocycles. The third-order valence-corrected chi connectivity index (χ3v) is 3.85. The van der Waals surface area contributed by atoms with E-state index in [2.05, 4.69) is 10.6 Å². The van der Waals surface area contributed by atoms with Crippen LogP contribution in [-0.4, -0.2) is 30.0 Å². The zero-order chi connectivity index (χ0) is 14.4. The summed E-state index contributed by atoms with van der Waals surface area (Å²) in [7, 11) is 0. The summed E-state index contributed by atoms with van der Waals surface area (Å²) in [6, 6.07) is 1.07. The fraction of sp³-hybridized carbons (Fsp3) is 0.417. The zero-order valence-electron chi connectivity index (χ0n) is 10.2. The average Bonchev–Trinajstić information content (AvgIpc) is 2.84. The van der Waals surface area contributed by atoms with Gasteiger partial charge in [-0.15, -0.1) is 0 Å². The van der Waals surface area contributed by atoms with Crippen LogP contribution in [0.2, 0.25) is 0 Å². The third-order valence-electron chi connectivity index (χ3n) is 3.85. The fourth-order valence-corrected chi connectivity index (χ4v) is 2.73. The number of hydrogen-bond acceptors (Lipinski definition) is 4. The van der Waals surface area contributed by atoms with Crippen LogP contribution in [-0.2, 0) is 0 Å². The minimum Gasteiger partial charge on any atom is -0.349 e. The summed E-state index contributed by atoms with van der Waals surface area (Å²) in [5, 5.41) is 16.3. The van der Waals surface area contributed by atoms with E-state index in [0.29, 0.717) is 24.0 Å². The van der Waals surface area contributed by atoms with Crippen LogP contribution >= 0.6 is 0 Å². The third kappa shape index (κ3) is 2.01. The molecular weight excluding hydrogens is 272 g/mol. The van der Waals surface area contributed by atoms with Crippen molar-refractivity contribution in [3.05, 3.63) is 39.4 Å². The van der Waals surface area contributed by atoms with Crippen molar-refractivity contribution in [3.8, 4) is 0 Å². The van der Waals surface area contributed by atoms with Gasteiger partial charge >= 0.3 is 5.69 Å². The number of amides is 1. The van der Waals surface area contributed by atoms with E-state index >= 15 is 0 Å². The number of carbonyl (C=O) groups excluding carboxylic acids is 1. The molecule has 0 radical (unpaired) electrons. The van der Waals surface area contributed by atoms with Gasteiger partial charge in [-0.25, -0.2) is 4.39 Å². The summed E-state index contributed by atoms with van der Waals surface area (Å²) >= 11 is 0. The van der Waals surface area contributed by atoms with Crippen LogP contribution in [0.1, 0.15) is 10.4 Å². The van der Waals surface area contributed by atoms with E-state index < -0.39 is 33.7 Å². The van der Waals surface area contributed by atoms with Gasteiger partial charge in [0.2, 0.25) is 5.82 Å². The van der Waals surface area contributed by atoms with Crippen LogP contribution < -0.4 is 10.6 Å². The number of nitro groups is 1. The van der Waals surface area contributed by atoms with Gasteiger partial charge in [0.05, 0.1) is 16.6 Å². The van der Waals surface area contributed by atoms with Gasteiger partial charge in [-0.2, -0.15) is 4.39 Å². The Labute approximate surface area is 112 Å². The first-order valence-corrected chi connectivity index (χ1v) is 6.14. The van der Waals surface area contributed by atoms with E-state index in [1.165, 1.54) is 0 Å². The van der Waals surface area contributed by atoms with Gasteiger partial charge in [0, 0.05) is 19.1 Å². The molecule has 2 N–H and O–H groups in total. The number of rotatable bonds is 3. The second kappa shape index (κ2) is 4.48. The summed E-state index contributed by atoms with van der Waals surface area (Å²) in [5.41, 5.74) is -1.66. The van der Waals surface area contributed by atoms with Crippen molar-refractivity contribution in [1.82, 2.24) is 10.6 Å². The number of fused-ring (bicyclic) bond motifs is 1. The number of nitrogens with zero attached hydrogens (tertiary/aromatic N) is 1. The highest BCUT2D eigenvalue weighted by molar-refractivity contribution is 5.95. The van der Waals surface area contributed by atoms with E-state index in [1.807, 2.05) is 0 Å². The molecule has 2 aliphatic rings. The lowest BCUT2D eigenvalue weighted by Crippen LogP contribution is -2.33. The molecule has 0 bridgehead atoms. The molecule has 1 aliphatic heterocycles. The summed E-state index contributed by atoms with van der Waals surface area (Å²) < 4.78 is 27.1. The molecule has 2 unspecified atom stereocenters. The Bertz CT molecular complexity index is 598. The van der Waals surface area contributed by atoms with Crippen LogP contribution in [0.15, 0.2) is 12.1 Å². The smallest absolute Gasteiger partial charge is 0.308 e. The first kappa shape index (κ1) is 12.9. The highest BCUT2D eigenvalue weighted by Crippen LogP contribution is 2.41. The topological polar surface area (TPSA) is 84.3 Å². The minimum absolute atomic E-state index is 0.0644. The van der Waals surface area contributed by atoms with Gasteiger partial charge in [0.1, 0.15) is 5.82 Å². The maximum atomic E-state index is 13.8. The van der Waals surface area contributed by atoms with Gasteiger partial charge in [-0.3, -0.25) is 14.9 Å². The molecule has 1 saturated carbocycles. The molecule has 2 atom stereocenters. The molecule has 1 amide bonds. The Hall–Kier alpha value is -2.09. The van der Waals surface area contributed by atoms with Crippen LogP contribution in [0.5, 0.6) is 0 Å². The second-order valence-electron chi connectivity index (χ2n) is 5.03. The number of halogens is 2. The van der Waals surface area contributed by atoms with Gasteiger partial charge < -0.3 is 10.6 Å². The molecule has 106 valence electrons. The SMILES string of the molecule is O=C(NC1C2CNCC21)c1cc(F)cc([N+](=O)[O-])c1F. The quantitative estimate of drug-likeness (QED) is 0.635. The zero-order valence-corrected chi connectivity index (χ0v) is 10.2. The second-order valence-corrected chi connectivity index (χ2v) is 5.03. The monoisotopic (exact) mass is 283 g/mol. The molecule has 0 spiro atoms. The maximum absolute atomic E-state index is 13.8. The van der Waals surface area contributed by atoms with Crippen molar-refractivity contribution in [2.75, 3.05) is 13.1 Å². The van der Waals surface area contributed by atoms with Gasteiger partial charge in [0.15, 0.2) is 0 Å². The Balaban J connectivity index is 1.82. The molecule has 1 aromatic carbocycles. The Morgan fingerprint density at radius 3 is 2.60 bits per heavy atom. The van der Waals surface area contributed by atoms with E-state index in [9.17, 15) is 23.7 Å². The number of carbonyl (C=O) groups is 1. The van der Waals surface area contributed by atoms with E-state index in [4.69, 9.17) is 0 Å². The Morgan fingerprint density at radius 2 is 2.00 bits per heavy atom. The number of hydrogen-bond donors (Lipinski definition) is 2. The van der Waals surface area contributed by atoms with Crippen molar-refractivity contribution in [2.24, 2.45) is 11.8 Å². The van der Waals surface area contributed by atoms with Crippen molar-refractivity contribution < 1.29 is 18.5 Å². The predicted octanol–water partition coefficient (Wildman–Crippen LogP) is 0.821. The van der Waals surface area contributed by atoms with Crippen molar-refractivity contribution in [3.63, 3.8) is 0 Å². The largest absolute Gasteiger partial charge is 0.349 e. The minimum atomic E-state index is -1.31. The lowest BCUT2D eigenvalue weighted by atomic mass is 10.1. The molecule has 3 rings (SSSR count). The number of nitrogens with one attached hydrogen (secondary N) is 2. The molecule has 20 heavy (non-hydrogen) atoms. The first-order chi connectivity index (χ1) is 9.49.